The van der Waals surface area contributed by atoms with E-state index in [2.05, 4.69) is 10.0 Å². The minimum atomic E-state index is -3.65. The lowest BCUT2D eigenvalue weighted by atomic mass is 10.1. The number of carbonyl (C=O) groups excluding carboxylic acids is 2. The molecule has 32 heavy (non-hydrogen) atoms. The third kappa shape index (κ3) is 5.86. The summed E-state index contributed by atoms with van der Waals surface area (Å²) in [6.07, 6.45) is 0. The number of para-hydroxylation sites is 1. The first-order valence-corrected chi connectivity index (χ1v) is 12.2. The van der Waals surface area contributed by atoms with Crippen molar-refractivity contribution >= 4 is 39.1 Å². The predicted octanol–water partition coefficient (Wildman–Crippen LogP) is 2.34. The molecule has 0 spiro atoms. The normalized spacial score (nSPS) is 14.9. The highest BCUT2D eigenvalue weighted by atomic mass is 35.5. The second kappa shape index (κ2) is 10.4. The van der Waals surface area contributed by atoms with Crippen LogP contribution < -0.4 is 10.0 Å². The van der Waals surface area contributed by atoms with Crippen LogP contribution >= 0.6 is 11.6 Å². The van der Waals surface area contributed by atoms with Crippen molar-refractivity contribution in [2.75, 3.05) is 44.6 Å². The Morgan fingerprint density at radius 1 is 1.06 bits per heavy atom. The molecule has 1 heterocycles. The number of nitrogens with zero attached hydrogens (tertiary/aromatic N) is 2. The van der Waals surface area contributed by atoms with Crippen molar-refractivity contribution in [2.24, 2.45) is 0 Å². The molecule has 0 aromatic heterocycles. The maximum absolute atomic E-state index is 13.1. The average Bonchev–Trinajstić information content (AvgIpc) is 2.75. The van der Waals surface area contributed by atoms with Crippen LogP contribution in [0.3, 0.4) is 0 Å². The van der Waals surface area contributed by atoms with Crippen molar-refractivity contribution in [1.82, 2.24) is 14.5 Å². The number of hydrogen-bond acceptors (Lipinski definition) is 5. The van der Waals surface area contributed by atoms with Gasteiger partial charge in [-0.1, -0.05) is 36.7 Å². The van der Waals surface area contributed by atoms with Crippen LogP contribution in [0.25, 0.3) is 0 Å². The summed E-state index contributed by atoms with van der Waals surface area (Å²) >= 11 is 6.08. The maximum atomic E-state index is 13.1. The fourth-order valence-corrected chi connectivity index (χ4v) is 4.76. The van der Waals surface area contributed by atoms with Crippen LogP contribution in [-0.4, -0.2) is 69.3 Å². The van der Waals surface area contributed by atoms with Crippen molar-refractivity contribution in [3.63, 3.8) is 0 Å². The fourth-order valence-electron chi connectivity index (χ4n) is 3.51. The van der Waals surface area contributed by atoms with E-state index in [1.807, 2.05) is 4.90 Å². The molecular weight excluding hydrogens is 452 g/mol. The summed E-state index contributed by atoms with van der Waals surface area (Å²) in [7, 11) is -3.65. The molecule has 2 amide bonds. The number of halogens is 1. The molecular formula is C22H27ClN4O4S. The summed E-state index contributed by atoms with van der Waals surface area (Å²) in [5.74, 6) is -0.383. The van der Waals surface area contributed by atoms with Crippen LogP contribution in [0.5, 0.6) is 0 Å². The highest BCUT2D eigenvalue weighted by Crippen LogP contribution is 2.21. The Morgan fingerprint density at radius 3 is 2.41 bits per heavy atom. The number of carbonyl (C=O) groups is 2. The molecule has 1 fully saturated rings. The van der Waals surface area contributed by atoms with Gasteiger partial charge >= 0.3 is 0 Å². The Morgan fingerprint density at radius 2 is 1.75 bits per heavy atom. The van der Waals surface area contributed by atoms with Gasteiger partial charge in [0.1, 0.15) is 0 Å². The number of benzene rings is 2. The Hall–Kier alpha value is -2.46. The van der Waals surface area contributed by atoms with Crippen molar-refractivity contribution in [3.8, 4) is 0 Å². The zero-order chi connectivity index (χ0) is 23.3. The number of sulfonamides is 1. The molecule has 0 atom stereocenters. The van der Waals surface area contributed by atoms with Gasteiger partial charge in [-0.2, -0.15) is 0 Å². The molecule has 2 aromatic rings. The summed E-state index contributed by atoms with van der Waals surface area (Å²) in [5.41, 5.74) is 1.65. The summed E-state index contributed by atoms with van der Waals surface area (Å²) in [4.78, 5) is 29.1. The SMILES string of the molecule is CCNS(=O)(=O)c1ccc(C)c(C(=O)N2CCN(CC(=O)Nc3ccccc3Cl)CC2)c1. The van der Waals surface area contributed by atoms with Gasteiger partial charge in [0.25, 0.3) is 5.91 Å². The van der Waals surface area contributed by atoms with Crippen LogP contribution in [0.4, 0.5) is 5.69 Å². The van der Waals surface area contributed by atoms with Gasteiger partial charge in [-0.25, -0.2) is 13.1 Å². The smallest absolute Gasteiger partial charge is 0.254 e. The molecule has 8 nitrogen and oxygen atoms in total. The van der Waals surface area contributed by atoms with E-state index in [1.165, 1.54) is 12.1 Å². The van der Waals surface area contributed by atoms with Crippen molar-refractivity contribution in [1.29, 1.82) is 0 Å². The van der Waals surface area contributed by atoms with E-state index in [9.17, 15) is 18.0 Å². The van der Waals surface area contributed by atoms with Gasteiger partial charge in [0.05, 0.1) is 22.2 Å². The van der Waals surface area contributed by atoms with Gasteiger partial charge in [-0.15, -0.1) is 0 Å². The lowest BCUT2D eigenvalue weighted by Crippen LogP contribution is -2.50. The van der Waals surface area contributed by atoms with E-state index in [0.717, 1.165) is 0 Å². The number of anilines is 1. The number of amides is 2. The van der Waals surface area contributed by atoms with Crippen LogP contribution in [-0.2, 0) is 14.8 Å². The first kappa shape index (κ1) is 24.2. The molecule has 0 unspecified atom stereocenters. The van der Waals surface area contributed by atoms with E-state index in [1.54, 1.807) is 49.1 Å². The predicted molar refractivity (Wildman–Crippen MR) is 124 cm³/mol. The zero-order valence-electron chi connectivity index (χ0n) is 18.1. The van der Waals surface area contributed by atoms with Crippen LogP contribution in [0.15, 0.2) is 47.4 Å². The minimum Gasteiger partial charge on any atom is -0.336 e. The minimum absolute atomic E-state index is 0.0724. The fraction of sp³-hybridized carbons (Fsp3) is 0.364. The molecule has 0 bridgehead atoms. The summed E-state index contributed by atoms with van der Waals surface area (Å²) in [6, 6.07) is 11.6. The number of piperazine rings is 1. The monoisotopic (exact) mass is 478 g/mol. The van der Waals surface area contributed by atoms with E-state index < -0.39 is 10.0 Å². The maximum Gasteiger partial charge on any atom is 0.254 e. The molecule has 10 heteroatoms. The second-order valence-corrected chi connectivity index (χ2v) is 9.75. The number of aryl methyl sites for hydroxylation is 1. The molecule has 172 valence electrons. The van der Waals surface area contributed by atoms with Gasteiger partial charge < -0.3 is 10.2 Å². The number of hydrogen-bond donors (Lipinski definition) is 2. The summed E-state index contributed by atoms with van der Waals surface area (Å²) in [5, 5.41) is 3.28. The summed E-state index contributed by atoms with van der Waals surface area (Å²) < 4.78 is 27.0. The van der Waals surface area contributed by atoms with Crippen molar-refractivity contribution < 1.29 is 18.0 Å². The van der Waals surface area contributed by atoms with E-state index in [0.29, 0.717) is 48.0 Å². The van der Waals surface area contributed by atoms with E-state index >= 15 is 0 Å². The summed E-state index contributed by atoms with van der Waals surface area (Å²) in [6.45, 7) is 5.92. The number of nitrogens with one attached hydrogen (secondary N) is 2. The van der Waals surface area contributed by atoms with Crippen LogP contribution in [0, 0.1) is 6.92 Å². The Balaban J connectivity index is 1.60. The first-order valence-electron chi connectivity index (χ1n) is 10.4. The molecule has 0 saturated carbocycles. The van der Waals surface area contributed by atoms with Gasteiger partial charge in [0.15, 0.2) is 0 Å². The molecule has 2 aromatic carbocycles. The molecule has 1 aliphatic heterocycles. The Kier molecular flexibility index (Phi) is 7.89. The van der Waals surface area contributed by atoms with Gasteiger partial charge in [0.2, 0.25) is 15.9 Å². The van der Waals surface area contributed by atoms with E-state index in [4.69, 9.17) is 11.6 Å². The topological polar surface area (TPSA) is 98.8 Å². The third-order valence-corrected chi connectivity index (χ3v) is 7.13. The second-order valence-electron chi connectivity index (χ2n) is 7.57. The van der Waals surface area contributed by atoms with Gasteiger partial charge in [-0.05, 0) is 36.8 Å². The molecule has 3 rings (SSSR count). The number of rotatable bonds is 7. The van der Waals surface area contributed by atoms with Crippen molar-refractivity contribution in [3.05, 3.63) is 58.6 Å². The Labute approximate surface area is 193 Å². The highest BCUT2D eigenvalue weighted by molar-refractivity contribution is 7.89. The molecule has 1 aliphatic rings. The van der Waals surface area contributed by atoms with Gasteiger partial charge in [0, 0.05) is 38.3 Å². The lowest BCUT2D eigenvalue weighted by molar-refractivity contribution is -0.117. The average molecular weight is 479 g/mol. The molecule has 0 aliphatic carbocycles. The van der Waals surface area contributed by atoms with Crippen molar-refractivity contribution in [2.45, 2.75) is 18.7 Å². The third-order valence-electron chi connectivity index (χ3n) is 5.26. The molecule has 1 saturated heterocycles. The molecule has 0 radical (unpaired) electrons. The molecule has 2 N–H and O–H groups in total. The lowest BCUT2D eigenvalue weighted by Gasteiger charge is -2.34. The van der Waals surface area contributed by atoms with Gasteiger partial charge in [-0.3, -0.25) is 14.5 Å². The first-order chi connectivity index (χ1) is 15.2. The largest absolute Gasteiger partial charge is 0.336 e. The Bertz CT molecular complexity index is 1100. The van der Waals surface area contributed by atoms with Crippen LogP contribution in [0.1, 0.15) is 22.8 Å². The highest BCUT2D eigenvalue weighted by Gasteiger charge is 2.25. The quantitative estimate of drug-likeness (QED) is 0.636. The zero-order valence-corrected chi connectivity index (χ0v) is 19.7. The standard InChI is InChI=1S/C22H27ClN4O4S/c1-3-24-32(30,31)17-9-8-16(2)18(14-17)22(29)27-12-10-26(11-13-27)15-21(28)25-20-7-5-4-6-19(20)23/h4-9,14,24H,3,10-13,15H2,1-2H3,(H,25,28). The van der Waals surface area contributed by atoms with Crippen LogP contribution in [0.2, 0.25) is 5.02 Å². The van der Waals surface area contributed by atoms with E-state index in [-0.39, 0.29) is 29.8 Å².